The Balaban J connectivity index is 3.07. The lowest BCUT2D eigenvalue weighted by Gasteiger charge is -2.10. The third-order valence-corrected chi connectivity index (χ3v) is 2.43. The number of hydrogen-bond acceptors (Lipinski definition) is 1. The van der Waals surface area contributed by atoms with Gasteiger partial charge in [-0.25, -0.2) is 4.39 Å². The van der Waals surface area contributed by atoms with E-state index >= 15 is 0 Å². The summed E-state index contributed by atoms with van der Waals surface area (Å²) in [5.74, 6) is -0.244. The fraction of sp³-hybridized carbons (Fsp3) is 0.333. The molecule has 0 radical (unpaired) electrons. The van der Waals surface area contributed by atoms with Crippen molar-refractivity contribution in [2.24, 2.45) is 5.73 Å². The lowest BCUT2D eigenvalue weighted by atomic mass is 10.1. The lowest BCUT2D eigenvalue weighted by molar-refractivity contribution is 0.570. The van der Waals surface area contributed by atoms with Gasteiger partial charge in [-0.05, 0) is 28.4 Å². The van der Waals surface area contributed by atoms with Gasteiger partial charge in [-0.2, -0.15) is 0 Å². The van der Waals surface area contributed by atoms with Crippen molar-refractivity contribution in [3.05, 3.63) is 34.1 Å². The van der Waals surface area contributed by atoms with E-state index in [-0.39, 0.29) is 11.9 Å². The second kappa shape index (κ2) is 4.01. The molecule has 2 N–H and O–H groups in total. The predicted molar refractivity (Wildman–Crippen MR) is 51.3 cm³/mol. The molecule has 0 amide bonds. The van der Waals surface area contributed by atoms with Crippen LogP contribution in [-0.4, -0.2) is 0 Å². The maximum Gasteiger partial charge on any atom is 0.142 e. The molecule has 0 saturated carbocycles. The zero-order chi connectivity index (χ0) is 9.14. The minimum absolute atomic E-state index is 0.206. The third-order valence-electron chi connectivity index (χ3n) is 1.82. The van der Waals surface area contributed by atoms with E-state index in [1.807, 2.05) is 6.92 Å². The molecule has 1 aromatic rings. The van der Waals surface area contributed by atoms with Crippen LogP contribution in [0.25, 0.3) is 0 Å². The predicted octanol–water partition coefficient (Wildman–Crippen LogP) is 3.00. The molecule has 1 atom stereocenters. The first-order valence-corrected chi connectivity index (χ1v) is 4.65. The molecule has 0 heterocycles. The van der Waals surface area contributed by atoms with Crippen molar-refractivity contribution in [3.8, 4) is 0 Å². The van der Waals surface area contributed by atoms with Gasteiger partial charge in [-0.15, -0.1) is 0 Å². The average Bonchev–Trinajstić information content (AvgIpc) is 2.08. The molecule has 1 rings (SSSR count). The number of hydrogen-bond donors (Lipinski definition) is 1. The molecule has 0 saturated heterocycles. The second-order valence-corrected chi connectivity index (χ2v) is 3.51. The molecule has 1 unspecified atom stereocenters. The number of nitrogens with two attached hydrogens (primary N) is 1. The van der Waals surface area contributed by atoms with Crippen LogP contribution in [0.15, 0.2) is 22.7 Å². The highest BCUT2D eigenvalue weighted by molar-refractivity contribution is 9.10. The fourth-order valence-corrected chi connectivity index (χ4v) is 1.41. The Kier molecular flexibility index (Phi) is 3.23. The molecule has 12 heavy (non-hydrogen) atoms. The van der Waals surface area contributed by atoms with Gasteiger partial charge in [0.1, 0.15) is 5.82 Å². The quantitative estimate of drug-likeness (QED) is 0.833. The van der Waals surface area contributed by atoms with E-state index in [2.05, 4.69) is 15.9 Å². The van der Waals surface area contributed by atoms with E-state index in [0.29, 0.717) is 10.0 Å². The van der Waals surface area contributed by atoms with Gasteiger partial charge in [-0.3, -0.25) is 0 Å². The van der Waals surface area contributed by atoms with E-state index in [1.54, 1.807) is 18.2 Å². The van der Waals surface area contributed by atoms with Crippen molar-refractivity contribution in [2.75, 3.05) is 0 Å². The molecule has 1 nitrogen and oxygen atoms in total. The van der Waals surface area contributed by atoms with Gasteiger partial charge in [0.2, 0.25) is 0 Å². The Hall–Kier alpha value is -0.410. The number of halogens is 2. The highest BCUT2D eigenvalue weighted by Gasteiger charge is 2.10. The molecular weight excluding hydrogens is 221 g/mol. The van der Waals surface area contributed by atoms with Gasteiger partial charge in [-0.1, -0.05) is 19.1 Å². The number of benzene rings is 1. The summed E-state index contributed by atoms with van der Waals surface area (Å²) < 4.78 is 13.8. The topological polar surface area (TPSA) is 26.0 Å². The molecule has 0 aliphatic carbocycles. The third kappa shape index (κ3) is 1.84. The lowest BCUT2D eigenvalue weighted by Crippen LogP contribution is -2.10. The Labute approximate surface area is 79.9 Å². The van der Waals surface area contributed by atoms with Crippen LogP contribution in [0.4, 0.5) is 4.39 Å². The first-order chi connectivity index (χ1) is 5.66. The summed E-state index contributed by atoms with van der Waals surface area (Å²) in [6.07, 6.45) is 0.743. The van der Waals surface area contributed by atoms with E-state index in [0.717, 1.165) is 6.42 Å². The zero-order valence-electron chi connectivity index (χ0n) is 6.85. The highest BCUT2D eigenvalue weighted by Crippen LogP contribution is 2.23. The molecular formula is C9H11BrFN. The summed E-state index contributed by atoms with van der Waals surface area (Å²) in [5.41, 5.74) is 6.28. The van der Waals surface area contributed by atoms with Crippen molar-refractivity contribution >= 4 is 15.9 Å². The Bertz CT molecular complexity index is 275. The van der Waals surface area contributed by atoms with Crippen molar-refractivity contribution in [3.63, 3.8) is 0 Å². The first-order valence-electron chi connectivity index (χ1n) is 3.86. The van der Waals surface area contributed by atoms with E-state index in [1.165, 1.54) is 0 Å². The Morgan fingerprint density at radius 2 is 2.25 bits per heavy atom. The number of rotatable bonds is 2. The summed E-state index contributed by atoms with van der Waals surface area (Å²) in [6.45, 7) is 1.94. The minimum atomic E-state index is -0.244. The fourth-order valence-electron chi connectivity index (χ4n) is 1.03. The molecule has 0 fully saturated rings. The SMILES string of the molecule is CCC(N)c1cccc(Br)c1F. The second-order valence-electron chi connectivity index (χ2n) is 2.66. The van der Waals surface area contributed by atoms with Crippen LogP contribution in [0, 0.1) is 5.82 Å². The van der Waals surface area contributed by atoms with Crippen LogP contribution < -0.4 is 5.73 Å². The molecule has 0 spiro atoms. The summed E-state index contributed by atoms with van der Waals surface area (Å²) in [7, 11) is 0. The summed E-state index contributed by atoms with van der Waals surface area (Å²) >= 11 is 3.11. The van der Waals surface area contributed by atoms with Crippen molar-refractivity contribution in [1.82, 2.24) is 0 Å². The molecule has 1 aromatic carbocycles. The largest absolute Gasteiger partial charge is 0.324 e. The van der Waals surface area contributed by atoms with Crippen LogP contribution >= 0.6 is 15.9 Å². The van der Waals surface area contributed by atoms with Crippen LogP contribution in [0.3, 0.4) is 0 Å². The maximum absolute atomic E-state index is 13.3. The summed E-state index contributed by atoms with van der Waals surface area (Å²) in [6, 6.07) is 4.97. The van der Waals surface area contributed by atoms with Gasteiger partial charge in [0.05, 0.1) is 4.47 Å². The molecule has 0 aliphatic heterocycles. The van der Waals surface area contributed by atoms with Crippen LogP contribution in [0.1, 0.15) is 24.9 Å². The van der Waals surface area contributed by atoms with Gasteiger partial charge < -0.3 is 5.73 Å². The standard InChI is InChI=1S/C9H11BrFN/c1-2-8(12)6-4-3-5-7(10)9(6)11/h3-5,8H,2,12H2,1H3. The molecule has 3 heteroatoms. The van der Waals surface area contributed by atoms with Gasteiger partial charge in [0.15, 0.2) is 0 Å². The van der Waals surface area contributed by atoms with Gasteiger partial charge >= 0.3 is 0 Å². The minimum Gasteiger partial charge on any atom is -0.324 e. The first kappa shape index (κ1) is 9.68. The monoisotopic (exact) mass is 231 g/mol. The highest BCUT2D eigenvalue weighted by atomic mass is 79.9. The molecule has 66 valence electrons. The van der Waals surface area contributed by atoms with Crippen LogP contribution in [0.2, 0.25) is 0 Å². The normalized spacial score (nSPS) is 13.0. The molecule has 0 aliphatic rings. The van der Waals surface area contributed by atoms with E-state index in [9.17, 15) is 4.39 Å². The van der Waals surface area contributed by atoms with Gasteiger partial charge in [0.25, 0.3) is 0 Å². The van der Waals surface area contributed by atoms with Gasteiger partial charge in [0, 0.05) is 11.6 Å². The Morgan fingerprint density at radius 1 is 1.58 bits per heavy atom. The zero-order valence-corrected chi connectivity index (χ0v) is 8.44. The van der Waals surface area contributed by atoms with E-state index < -0.39 is 0 Å². The summed E-state index contributed by atoms with van der Waals surface area (Å²) in [4.78, 5) is 0. The molecule has 0 aromatic heterocycles. The van der Waals surface area contributed by atoms with Crippen LogP contribution in [-0.2, 0) is 0 Å². The summed E-state index contributed by atoms with van der Waals surface area (Å²) in [5, 5.41) is 0. The average molecular weight is 232 g/mol. The van der Waals surface area contributed by atoms with Crippen molar-refractivity contribution in [2.45, 2.75) is 19.4 Å². The van der Waals surface area contributed by atoms with E-state index in [4.69, 9.17) is 5.73 Å². The Morgan fingerprint density at radius 3 is 2.83 bits per heavy atom. The molecule has 0 bridgehead atoms. The van der Waals surface area contributed by atoms with Crippen molar-refractivity contribution < 1.29 is 4.39 Å². The van der Waals surface area contributed by atoms with Crippen molar-refractivity contribution in [1.29, 1.82) is 0 Å². The van der Waals surface area contributed by atoms with Crippen LogP contribution in [0.5, 0.6) is 0 Å². The smallest absolute Gasteiger partial charge is 0.142 e. The maximum atomic E-state index is 13.3.